The van der Waals surface area contributed by atoms with Gasteiger partial charge in [0.05, 0.1) is 24.7 Å². The van der Waals surface area contributed by atoms with Crippen molar-refractivity contribution in [2.75, 3.05) is 17.2 Å². The van der Waals surface area contributed by atoms with E-state index in [9.17, 15) is 23.9 Å². The molecule has 0 saturated carbocycles. The highest BCUT2D eigenvalue weighted by atomic mass is 19.1. The number of carboxylic acids is 1. The Kier molecular flexibility index (Phi) is 8.11. The summed E-state index contributed by atoms with van der Waals surface area (Å²) in [5.74, 6) is -1.34. The average Bonchev–Trinajstić information content (AvgIpc) is 2.88. The zero-order valence-corrected chi connectivity index (χ0v) is 20.5. The number of rotatable bonds is 10. The third-order valence-corrected chi connectivity index (χ3v) is 6.15. The van der Waals surface area contributed by atoms with Gasteiger partial charge in [-0.25, -0.2) is 14.4 Å². The number of carbonyl (C=O) groups is 2. The summed E-state index contributed by atoms with van der Waals surface area (Å²) in [6, 6.07) is 8.37. The lowest BCUT2D eigenvalue weighted by molar-refractivity contribution is -0.137. The van der Waals surface area contributed by atoms with Gasteiger partial charge in [-0.1, -0.05) is 25.1 Å². The number of halogens is 1. The maximum absolute atomic E-state index is 13.7. The molecule has 0 radical (unpaired) electrons. The Hall–Kier alpha value is -4.28. The number of aliphatic carboxylic acids is 1. The number of aryl methyl sites for hydroxylation is 2. The van der Waals surface area contributed by atoms with Crippen LogP contribution in [-0.2, 0) is 35.5 Å². The first-order valence-corrected chi connectivity index (χ1v) is 12.2. The largest absolute Gasteiger partial charge is 0.481 e. The Morgan fingerprint density at radius 3 is 2.86 bits per heavy atom. The fraction of sp³-hybridized carbons (Fsp3) is 0.346. The highest BCUT2D eigenvalue weighted by Crippen LogP contribution is 2.20. The number of carboxylic acid groups (broad SMARTS) is 1. The van der Waals surface area contributed by atoms with Gasteiger partial charge < -0.3 is 21.1 Å². The second-order valence-electron chi connectivity index (χ2n) is 8.81. The first-order chi connectivity index (χ1) is 17.8. The van der Waals surface area contributed by atoms with Crippen LogP contribution in [0, 0.1) is 5.82 Å². The van der Waals surface area contributed by atoms with Gasteiger partial charge in [0.1, 0.15) is 18.2 Å². The van der Waals surface area contributed by atoms with Gasteiger partial charge in [-0.05, 0) is 48.6 Å². The number of carbonyl (C=O) groups excluding carboxylic acids is 1. The molecule has 0 unspecified atom stereocenters. The molecular weight excluding hydrogens is 479 g/mol. The van der Waals surface area contributed by atoms with Gasteiger partial charge in [0, 0.05) is 18.4 Å². The Morgan fingerprint density at radius 2 is 2.11 bits per heavy atom. The molecule has 1 aliphatic rings. The molecule has 1 amide bonds. The molecule has 4 rings (SSSR count). The topological polar surface area (TPSA) is 138 Å². The van der Waals surface area contributed by atoms with E-state index in [1.54, 1.807) is 6.07 Å². The van der Waals surface area contributed by atoms with Crippen LogP contribution in [0.3, 0.4) is 0 Å². The second-order valence-corrected chi connectivity index (χ2v) is 8.81. The number of hydrogen-bond acceptors (Lipinski definition) is 7. The van der Waals surface area contributed by atoms with Crippen LogP contribution >= 0.6 is 0 Å². The van der Waals surface area contributed by atoms with Crippen molar-refractivity contribution in [1.82, 2.24) is 19.9 Å². The molecule has 4 N–H and O–H groups in total. The number of benzene rings is 1. The molecule has 194 valence electrons. The number of nitrogens with one attached hydrogen (secondary N) is 3. The van der Waals surface area contributed by atoms with Crippen LogP contribution in [0.4, 0.5) is 16.0 Å². The van der Waals surface area contributed by atoms with E-state index in [2.05, 4.69) is 25.9 Å². The van der Waals surface area contributed by atoms with Crippen LogP contribution in [0.1, 0.15) is 48.3 Å². The lowest BCUT2D eigenvalue weighted by atomic mass is 10.0. The summed E-state index contributed by atoms with van der Waals surface area (Å²) in [4.78, 5) is 46.3. The summed E-state index contributed by atoms with van der Waals surface area (Å²) >= 11 is 0. The van der Waals surface area contributed by atoms with Gasteiger partial charge in [0.2, 0.25) is 5.91 Å². The summed E-state index contributed by atoms with van der Waals surface area (Å²) in [6.07, 6.45) is 3.59. The monoisotopic (exact) mass is 508 g/mol. The lowest BCUT2D eigenvalue weighted by Crippen LogP contribution is -2.37. The van der Waals surface area contributed by atoms with Crippen molar-refractivity contribution >= 4 is 23.5 Å². The number of anilines is 2. The van der Waals surface area contributed by atoms with Crippen LogP contribution in [0.25, 0.3) is 0 Å². The van der Waals surface area contributed by atoms with Gasteiger partial charge in [-0.2, -0.15) is 0 Å². The molecule has 0 aliphatic carbocycles. The molecular formula is C26H29FN6O4. The van der Waals surface area contributed by atoms with Gasteiger partial charge in [0.25, 0.3) is 5.56 Å². The van der Waals surface area contributed by atoms with Crippen LogP contribution in [0.2, 0.25) is 0 Å². The van der Waals surface area contributed by atoms with Crippen molar-refractivity contribution in [2.45, 2.75) is 51.7 Å². The fourth-order valence-corrected chi connectivity index (χ4v) is 4.27. The van der Waals surface area contributed by atoms with Gasteiger partial charge >= 0.3 is 5.97 Å². The smallest absolute Gasteiger partial charge is 0.305 e. The van der Waals surface area contributed by atoms with Crippen LogP contribution in [0.5, 0.6) is 0 Å². The molecule has 1 aliphatic heterocycles. The van der Waals surface area contributed by atoms with Crippen LogP contribution in [-0.4, -0.2) is 38.1 Å². The minimum atomic E-state index is -1.15. The summed E-state index contributed by atoms with van der Waals surface area (Å²) < 4.78 is 15.0. The molecule has 0 fully saturated rings. The molecule has 0 spiro atoms. The molecule has 1 atom stereocenters. The predicted molar refractivity (Wildman–Crippen MR) is 136 cm³/mol. The second kappa shape index (κ2) is 11.6. The fourth-order valence-electron chi connectivity index (χ4n) is 4.27. The van der Waals surface area contributed by atoms with Gasteiger partial charge in [0.15, 0.2) is 5.82 Å². The number of aromatic nitrogens is 3. The molecule has 0 saturated heterocycles. The molecule has 1 aromatic carbocycles. The number of nitrogens with zero attached hydrogens (tertiary/aromatic N) is 3. The normalized spacial score (nSPS) is 13.2. The Labute approximate surface area is 213 Å². The molecule has 2 aromatic heterocycles. The van der Waals surface area contributed by atoms with E-state index in [-0.39, 0.29) is 18.9 Å². The third kappa shape index (κ3) is 6.49. The third-order valence-electron chi connectivity index (χ3n) is 6.15. The highest BCUT2D eigenvalue weighted by molar-refractivity contribution is 5.77. The zero-order chi connectivity index (χ0) is 26.4. The predicted octanol–water partition coefficient (Wildman–Crippen LogP) is 2.64. The molecule has 0 bridgehead atoms. The van der Waals surface area contributed by atoms with E-state index < -0.39 is 35.7 Å². The van der Waals surface area contributed by atoms with E-state index in [1.807, 2.05) is 19.1 Å². The molecule has 3 heterocycles. The number of amides is 1. The molecule has 37 heavy (non-hydrogen) atoms. The number of pyridine rings is 1. The van der Waals surface area contributed by atoms with Gasteiger partial charge in [-0.15, -0.1) is 0 Å². The van der Waals surface area contributed by atoms with Crippen molar-refractivity contribution in [1.29, 1.82) is 0 Å². The standard InChI is InChI=1S/C26H29FN6O4/c1-2-20-14-30-25(29-13-19-9-8-16-6-4-10-28-24(16)31-19)26(37)33(20)15-22(34)32-21(12-23(35)36)17-5-3-7-18(27)11-17/h3,5,7-9,11,14,21H,2,4,6,10,12-13,15H2,1H3,(H,28,31)(H,29,30)(H,32,34)(H,35,36)/t21-/m0/s1. The van der Waals surface area contributed by atoms with Crippen molar-refractivity contribution in [2.24, 2.45) is 0 Å². The maximum Gasteiger partial charge on any atom is 0.305 e. The van der Waals surface area contributed by atoms with E-state index in [1.165, 1.54) is 29.0 Å². The van der Waals surface area contributed by atoms with E-state index in [0.717, 1.165) is 36.5 Å². The average molecular weight is 509 g/mol. The Morgan fingerprint density at radius 1 is 1.27 bits per heavy atom. The first kappa shape index (κ1) is 25.8. The molecule has 3 aromatic rings. The first-order valence-electron chi connectivity index (χ1n) is 12.2. The number of hydrogen-bond donors (Lipinski definition) is 4. The summed E-state index contributed by atoms with van der Waals surface area (Å²) in [6.45, 7) is 2.64. The van der Waals surface area contributed by atoms with Crippen LogP contribution < -0.4 is 21.5 Å². The quantitative estimate of drug-likeness (QED) is 0.328. The lowest BCUT2D eigenvalue weighted by Gasteiger charge is -2.19. The summed E-state index contributed by atoms with van der Waals surface area (Å²) in [5.41, 5.74) is 2.29. The summed E-state index contributed by atoms with van der Waals surface area (Å²) in [7, 11) is 0. The van der Waals surface area contributed by atoms with Crippen molar-refractivity contribution in [3.05, 3.63) is 81.3 Å². The van der Waals surface area contributed by atoms with Crippen molar-refractivity contribution in [3.8, 4) is 0 Å². The Bertz CT molecular complexity index is 1360. The van der Waals surface area contributed by atoms with Gasteiger partial charge in [-0.3, -0.25) is 19.0 Å². The number of fused-ring (bicyclic) bond motifs is 1. The molecule has 10 nitrogen and oxygen atoms in total. The minimum Gasteiger partial charge on any atom is -0.481 e. The van der Waals surface area contributed by atoms with E-state index in [4.69, 9.17) is 0 Å². The minimum absolute atomic E-state index is 0.0738. The van der Waals surface area contributed by atoms with Crippen molar-refractivity contribution in [3.63, 3.8) is 0 Å². The summed E-state index contributed by atoms with van der Waals surface area (Å²) in [5, 5.41) is 18.2. The Balaban J connectivity index is 1.50. The van der Waals surface area contributed by atoms with E-state index in [0.29, 0.717) is 17.7 Å². The van der Waals surface area contributed by atoms with Crippen LogP contribution in [0.15, 0.2) is 47.4 Å². The van der Waals surface area contributed by atoms with E-state index >= 15 is 0 Å². The molecule has 11 heteroatoms. The zero-order valence-electron chi connectivity index (χ0n) is 20.5. The van der Waals surface area contributed by atoms with Crippen molar-refractivity contribution < 1.29 is 19.1 Å². The maximum atomic E-state index is 13.7. The highest BCUT2D eigenvalue weighted by Gasteiger charge is 2.20. The SMILES string of the molecule is CCc1cnc(NCc2ccc3c(n2)NCCC3)c(=O)n1CC(=O)N[C@@H](CC(=O)O)c1cccc(F)c1.